The molecule has 19 heavy (non-hydrogen) atoms. The maximum Gasteiger partial charge on any atom is 0.330 e. The molecule has 0 aliphatic rings. The second kappa shape index (κ2) is 6.41. The molecule has 0 radical (unpaired) electrons. The molecule has 0 atom stereocenters. The van der Waals surface area contributed by atoms with Crippen molar-refractivity contribution in [3.05, 3.63) is 34.9 Å². The first kappa shape index (κ1) is 15.3. The maximum absolute atomic E-state index is 11.1. The third-order valence-corrected chi connectivity index (χ3v) is 3.05. The van der Waals surface area contributed by atoms with Crippen molar-refractivity contribution in [2.75, 3.05) is 7.11 Å². The van der Waals surface area contributed by atoms with Gasteiger partial charge in [0.2, 0.25) is 0 Å². The molecule has 1 N–H and O–H groups in total. The first-order chi connectivity index (χ1) is 8.86. The monoisotopic (exact) mass is 262 g/mol. The van der Waals surface area contributed by atoms with Gasteiger partial charge in [-0.05, 0) is 46.7 Å². The molecule has 1 aromatic carbocycles. The molecule has 0 bridgehead atoms. The van der Waals surface area contributed by atoms with Crippen molar-refractivity contribution in [3.63, 3.8) is 0 Å². The summed E-state index contributed by atoms with van der Waals surface area (Å²) >= 11 is 0. The number of carbonyl (C=O) groups is 1. The average molecular weight is 262 g/mol. The summed E-state index contributed by atoms with van der Waals surface area (Å²) in [5, 5.41) is 10.3. The summed E-state index contributed by atoms with van der Waals surface area (Å²) in [6.45, 7) is 8.14. The molecule has 0 aliphatic carbocycles. The van der Waals surface area contributed by atoms with E-state index in [9.17, 15) is 9.90 Å². The number of methoxy groups -OCH3 is 1. The number of aromatic hydroxyl groups is 1. The average Bonchev–Trinajstić information content (AvgIpc) is 2.36. The first-order valence-electron chi connectivity index (χ1n) is 6.49. The molecule has 0 aliphatic heterocycles. The molecule has 1 rings (SSSR count). The van der Waals surface area contributed by atoms with Crippen molar-refractivity contribution in [1.82, 2.24) is 0 Å². The van der Waals surface area contributed by atoms with Gasteiger partial charge in [-0.1, -0.05) is 27.7 Å². The van der Waals surface area contributed by atoms with E-state index in [2.05, 4.69) is 4.74 Å². The number of hydrogen-bond acceptors (Lipinski definition) is 3. The van der Waals surface area contributed by atoms with Crippen LogP contribution in [0.5, 0.6) is 5.75 Å². The predicted molar refractivity (Wildman–Crippen MR) is 77.3 cm³/mol. The second-order valence-corrected chi connectivity index (χ2v) is 5.21. The summed E-state index contributed by atoms with van der Waals surface area (Å²) in [6.07, 6.45) is 3.10. The second-order valence-electron chi connectivity index (χ2n) is 5.21. The molecule has 0 saturated carbocycles. The highest BCUT2D eigenvalue weighted by Gasteiger charge is 2.14. The van der Waals surface area contributed by atoms with E-state index in [0.717, 1.165) is 16.7 Å². The SMILES string of the molecule is COC(=O)/C=C/c1cc(C(C)C)c(O)c(C(C)C)c1. The number of ether oxygens (including phenoxy) is 1. The Kier molecular flexibility index (Phi) is 5.16. The number of hydrogen-bond donors (Lipinski definition) is 1. The molecule has 0 fully saturated rings. The lowest BCUT2D eigenvalue weighted by atomic mass is 9.91. The molecule has 0 aromatic heterocycles. The van der Waals surface area contributed by atoms with Crippen LogP contribution >= 0.6 is 0 Å². The van der Waals surface area contributed by atoms with Crippen molar-refractivity contribution in [3.8, 4) is 5.75 Å². The molecular weight excluding hydrogens is 240 g/mol. The van der Waals surface area contributed by atoms with Gasteiger partial charge in [-0.3, -0.25) is 0 Å². The lowest BCUT2D eigenvalue weighted by molar-refractivity contribution is -0.134. The first-order valence-corrected chi connectivity index (χ1v) is 6.49. The van der Waals surface area contributed by atoms with Gasteiger partial charge in [0.15, 0.2) is 0 Å². The van der Waals surface area contributed by atoms with E-state index in [1.54, 1.807) is 6.08 Å². The van der Waals surface area contributed by atoms with Gasteiger partial charge in [0.1, 0.15) is 5.75 Å². The number of benzene rings is 1. The van der Waals surface area contributed by atoms with Crippen LogP contribution in [0.2, 0.25) is 0 Å². The summed E-state index contributed by atoms with van der Waals surface area (Å²) in [5.74, 6) is 0.429. The Balaban J connectivity index is 3.27. The van der Waals surface area contributed by atoms with E-state index in [0.29, 0.717) is 5.75 Å². The van der Waals surface area contributed by atoms with Crippen LogP contribution in [0.15, 0.2) is 18.2 Å². The molecule has 3 nitrogen and oxygen atoms in total. The Morgan fingerprint density at radius 3 is 2.00 bits per heavy atom. The zero-order valence-electron chi connectivity index (χ0n) is 12.2. The van der Waals surface area contributed by atoms with Gasteiger partial charge in [0.25, 0.3) is 0 Å². The topological polar surface area (TPSA) is 46.5 Å². The fourth-order valence-corrected chi connectivity index (χ4v) is 1.91. The van der Waals surface area contributed by atoms with Crippen molar-refractivity contribution in [2.24, 2.45) is 0 Å². The zero-order valence-corrected chi connectivity index (χ0v) is 12.2. The van der Waals surface area contributed by atoms with Crippen LogP contribution < -0.4 is 0 Å². The summed E-state index contributed by atoms with van der Waals surface area (Å²) in [4.78, 5) is 11.1. The van der Waals surface area contributed by atoms with Gasteiger partial charge >= 0.3 is 5.97 Å². The Bertz CT molecular complexity index is 456. The third-order valence-electron chi connectivity index (χ3n) is 3.05. The third kappa shape index (κ3) is 3.85. The minimum atomic E-state index is -0.384. The lowest BCUT2D eigenvalue weighted by Crippen LogP contribution is -1.97. The number of phenols is 1. The smallest absolute Gasteiger partial charge is 0.330 e. The minimum absolute atomic E-state index is 0.226. The number of carbonyl (C=O) groups excluding carboxylic acids is 1. The lowest BCUT2D eigenvalue weighted by Gasteiger charge is -2.16. The summed E-state index contributed by atoms with van der Waals surface area (Å²) < 4.78 is 4.58. The molecular formula is C16H22O3. The largest absolute Gasteiger partial charge is 0.507 e. The number of esters is 1. The van der Waals surface area contributed by atoms with Gasteiger partial charge in [-0.2, -0.15) is 0 Å². The Labute approximate surface area is 114 Å². The minimum Gasteiger partial charge on any atom is -0.507 e. The van der Waals surface area contributed by atoms with E-state index in [-0.39, 0.29) is 17.8 Å². The molecule has 0 saturated heterocycles. The Hall–Kier alpha value is -1.77. The van der Waals surface area contributed by atoms with Crippen molar-refractivity contribution in [1.29, 1.82) is 0 Å². The highest BCUT2D eigenvalue weighted by Crippen LogP contribution is 2.35. The summed E-state index contributed by atoms with van der Waals surface area (Å²) in [5.41, 5.74) is 2.70. The van der Waals surface area contributed by atoms with Crippen molar-refractivity contribution in [2.45, 2.75) is 39.5 Å². The van der Waals surface area contributed by atoms with Gasteiger partial charge in [-0.15, -0.1) is 0 Å². The van der Waals surface area contributed by atoms with Crippen LogP contribution in [0.4, 0.5) is 0 Å². The van der Waals surface area contributed by atoms with Gasteiger partial charge in [0, 0.05) is 6.08 Å². The van der Waals surface area contributed by atoms with Gasteiger partial charge in [-0.25, -0.2) is 4.79 Å². The maximum atomic E-state index is 11.1. The zero-order chi connectivity index (χ0) is 14.6. The van der Waals surface area contributed by atoms with Gasteiger partial charge < -0.3 is 9.84 Å². The van der Waals surface area contributed by atoms with E-state index < -0.39 is 0 Å². The van der Waals surface area contributed by atoms with E-state index in [1.165, 1.54) is 13.2 Å². The molecule has 0 amide bonds. The standard InChI is InChI=1S/C16H22O3/c1-10(2)13-8-12(6-7-15(17)19-5)9-14(11(3)4)16(13)18/h6-11,18H,1-5H3/b7-6+. The van der Waals surface area contributed by atoms with Crippen LogP contribution in [0.1, 0.15) is 56.2 Å². The molecule has 0 unspecified atom stereocenters. The summed E-state index contributed by atoms with van der Waals surface area (Å²) in [7, 11) is 1.35. The van der Waals surface area contributed by atoms with Crippen molar-refractivity contribution >= 4 is 12.0 Å². The van der Waals surface area contributed by atoms with Crippen LogP contribution in [0, 0.1) is 0 Å². The highest BCUT2D eigenvalue weighted by atomic mass is 16.5. The fourth-order valence-electron chi connectivity index (χ4n) is 1.91. The van der Waals surface area contributed by atoms with Crippen LogP contribution in [0.25, 0.3) is 6.08 Å². The predicted octanol–water partition coefficient (Wildman–Crippen LogP) is 3.83. The van der Waals surface area contributed by atoms with Crippen LogP contribution in [-0.2, 0) is 9.53 Å². The number of rotatable bonds is 4. The van der Waals surface area contributed by atoms with E-state index >= 15 is 0 Å². The Morgan fingerprint density at radius 2 is 1.63 bits per heavy atom. The molecule has 0 heterocycles. The quantitative estimate of drug-likeness (QED) is 0.662. The van der Waals surface area contributed by atoms with Crippen LogP contribution in [-0.4, -0.2) is 18.2 Å². The van der Waals surface area contributed by atoms with E-state index in [1.807, 2.05) is 39.8 Å². The summed E-state index contributed by atoms with van der Waals surface area (Å²) in [6, 6.07) is 3.82. The normalized spacial score (nSPS) is 11.5. The molecule has 104 valence electrons. The molecule has 1 aromatic rings. The van der Waals surface area contributed by atoms with E-state index in [4.69, 9.17) is 0 Å². The van der Waals surface area contributed by atoms with Crippen molar-refractivity contribution < 1.29 is 14.6 Å². The molecule has 3 heteroatoms. The van der Waals surface area contributed by atoms with Gasteiger partial charge in [0.05, 0.1) is 7.11 Å². The highest BCUT2D eigenvalue weighted by molar-refractivity contribution is 5.87. The fraction of sp³-hybridized carbons (Fsp3) is 0.438. The Morgan fingerprint density at radius 1 is 1.16 bits per heavy atom. The van der Waals surface area contributed by atoms with Crippen LogP contribution in [0.3, 0.4) is 0 Å². The molecule has 0 spiro atoms. The number of phenolic OH excluding ortho intramolecular Hbond substituents is 1.